The van der Waals surface area contributed by atoms with E-state index < -0.39 is 0 Å². The van der Waals surface area contributed by atoms with Gasteiger partial charge in [-0.25, -0.2) is 9.50 Å². The van der Waals surface area contributed by atoms with Crippen LogP contribution < -0.4 is 5.32 Å². The number of hydrogen-bond donors (Lipinski definition) is 1. The van der Waals surface area contributed by atoms with Crippen LogP contribution in [0.2, 0.25) is 0 Å². The van der Waals surface area contributed by atoms with Crippen molar-refractivity contribution in [2.75, 3.05) is 44.7 Å². The van der Waals surface area contributed by atoms with Crippen LogP contribution in [0.1, 0.15) is 37.3 Å². The fraction of sp³-hybridized carbons (Fsp3) is 0.579. The first kappa shape index (κ1) is 16.5. The van der Waals surface area contributed by atoms with Gasteiger partial charge in [0.05, 0.1) is 25.1 Å². The van der Waals surface area contributed by atoms with Crippen molar-refractivity contribution in [3.63, 3.8) is 0 Å². The molecule has 0 radical (unpaired) electrons. The number of nitrogens with one attached hydrogen (secondary N) is 1. The number of hydrogen-bond acceptors (Lipinski definition) is 5. The number of anilines is 1. The van der Waals surface area contributed by atoms with Crippen LogP contribution in [0.3, 0.4) is 0 Å². The van der Waals surface area contributed by atoms with Crippen LogP contribution in [0.4, 0.5) is 5.82 Å². The van der Waals surface area contributed by atoms with Gasteiger partial charge in [-0.1, -0.05) is 12.2 Å². The minimum Gasteiger partial charge on any atom is -0.379 e. The van der Waals surface area contributed by atoms with E-state index in [0.717, 1.165) is 70.1 Å². The first-order valence-corrected chi connectivity index (χ1v) is 9.44. The predicted molar refractivity (Wildman–Crippen MR) is 99.1 cm³/mol. The minimum atomic E-state index is 0.539. The van der Waals surface area contributed by atoms with Gasteiger partial charge >= 0.3 is 0 Å². The van der Waals surface area contributed by atoms with Crippen LogP contribution in [-0.4, -0.2) is 58.9 Å². The number of ether oxygens (including phenoxy) is 1. The van der Waals surface area contributed by atoms with E-state index in [0.29, 0.717) is 5.92 Å². The van der Waals surface area contributed by atoms with E-state index in [2.05, 4.69) is 39.7 Å². The molecular weight excluding hydrogens is 314 g/mol. The molecule has 1 saturated heterocycles. The van der Waals surface area contributed by atoms with Crippen LogP contribution in [0, 0.1) is 0 Å². The van der Waals surface area contributed by atoms with Crippen molar-refractivity contribution >= 4 is 11.5 Å². The Morgan fingerprint density at radius 2 is 2.12 bits per heavy atom. The maximum atomic E-state index is 5.38. The predicted octanol–water partition coefficient (Wildman–Crippen LogP) is 2.69. The van der Waals surface area contributed by atoms with Crippen LogP contribution in [0.5, 0.6) is 0 Å². The summed E-state index contributed by atoms with van der Waals surface area (Å²) in [5, 5.41) is 8.10. The number of nitrogens with zero attached hydrogens (tertiary/aromatic N) is 4. The molecule has 134 valence electrons. The highest BCUT2D eigenvalue weighted by atomic mass is 16.5. The number of rotatable bonds is 6. The molecule has 1 N–H and O–H groups in total. The van der Waals surface area contributed by atoms with Gasteiger partial charge in [0.1, 0.15) is 5.82 Å². The zero-order chi connectivity index (χ0) is 16.9. The molecule has 0 amide bonds. The Balaban J connectivity index is 1.32. The molecule has 1 atom stereocenters. The van der Waals surface area contributed by atoms with E-state index in [4.69, 9.17) is 9.72 Å². The van der Waals surface area contributed by atoms with Crippen molar-refractivity contribution in [1.29, 1.82) is 0 Å². The van der Waals surface area contributed by atoms with E-state index in [9.17, 15) is 0 Å². The molecule has 1 aliphatic heterocycles. The van der Waals surface area contributed by atoms with Crippen LogP contribution in [0.15, 0.2) is 30.5 Å². The van der Waals surface area contributed by atoms with Gasteiger partial charge in [-0.05, 0) is 44.4 Å². The maximum Gasteiger partial charge on any atom is 0.153 e. The Kier molecular flexibility index (Phi) is 5.28. The largest absolute Gasteiger partial charge is 0.379 e. The number of morpholine rings is 1. The fourth-order valence-corrected chi connectivity index (χ4v) is 3.60. The summed E-state index contributed by atoms with van der Waals surface area (Å²) in [6, 6.07) is 4.08. The normalized spacial score (nSPS) is 21.7. The summed E-state index contributed by atoms with van der Waals surface area (Å²) in [7, 11) is 0. The third-order valence-corrected chi connectivity index (χ3v) is 5.09. The smallest absolute Gasteiger partial charge is 0.153 e. The molecular formula is C19H27N5O. The second-order valence-electron chi connectivity index (χ2n) is 6.90. The third kappa shape index (κ3) is 4.19. The van der Waals surface area contributed by atoms with Crippen LogP contribution in [-0.2, 0) is 4.74 Å². The van der Waals surface area contributed by atoms with Gasteiger partial charge in [-0.3, -0.25) is 4.90 Å². The van der Waals surface area contributed by atoms with Gasteiger partial charge in [0.25, 0.3) is 0 Å². The highest BCUT2D eigenvalue weighted by Gasteiger charge is 2.16. The minimum absolute atomic E-state index is 0.539. The van der Waals surface area contributed by atoms with E-state index in [1.807, 2.05) is 10.6 Å². The highest BCUT2D eigenvalue weighted by molar-refractivity contribution is 5.45. The van der Waals surface area contributed by atoms with E-state index >= 15 is 0 Å². The second kappa shape index (κ2) is 7.97. The van der Waals surface area contributed by atoms with E-state index in [1.165, 1.54) is 12.1 Å². The van der Waals surface area contributed by atoms with Crippen molar-refractivity contribution in [2.45, 2.75) is 31.6 Å². The summed E-state index contributed by atoms with van der Waals surface area (Å²) >= 11 is 0. The van der Waals surface area contributed by atoms with Gasteiger partial charge in [0.15, 0.2) is 5.65 Å². The average Bonchev–Trinajstić information content (AvgIpc) is 3.10. The van der Waals surface area contributed by atoms with Crippen LogP contribution >= 0.6 is 0 Å². The van der Waals surface area contributed by atoms with Crippen molar-refractivity contribution < 1.29 is 4.74 Å². The molecule has 0 bridgehead atoms. The highest BCUT2D eigenvalue weighted by Crippen LogP contribution is 2.28. The average molecular weight is 341 g/mol. The SMILES string of the molecule is C1=CCC(c2cn3nc(NCCCN4CCOCC4)ccc3n2)CC1. The zero-order valence-electron chi connectivity index (χ0n) is 14.7. The number of aromatic nitrogens is 3. The molecule has 6 heteroatoms. The molecule has 1 aliphatic carbocycles. The molecule has 0 saturated carbocycles. The summed E-state index contributed by atoms with van der Waals surface area (Å²) < 4.78 is 7.30. The standard InChI is InChI=1S/C19H27N5O/c1-2-5-16(6-3-1)17-15-24-19(21-17)8-7-18(22-24)20-9-4-10-23-11-13-25-14-12-23/h1-2,7-8,15-16H,3-6,9-14H2,(H,20,22). The monoisotopic (exact) mass is 341 g/mol. The van der Waals surface area contributed by atoms with Crippen molar-refractivity contribution in [3.8, 4) is 0 Å². The quantitative estimate of drug-likeness (QED) is 0.647. The molecule has 0 spiro atoms. The van der Waals surface area contributed by atoms with E-state index in [1.54, 1.807) is 0 Å². The molecule has 2 aromatic heterocycles. The first-order chi connectivity index (χ1) is 12.4. The lowest BCUT2D eigenvalue weighted by molar-refractivity contribution is 0.0378. The van der Waals surface area contributed by atoms with Gasteiger partial charge in [-0.15, -0.1) is 5.10 Å². The molecule has 6 nitrogen and oxygen atoms in total. The molecule has 1 fully saturated rings. The maximum absolute atomic E-state index is 5.38. The summed E-state index contributed by atoms with van der Waals surface area (Å²) in [6.45, 7) is 5.89. The Morgan fingerprint density at radius 1 is 1.20 bits per heavy atom. The van der Waals surface area contributed by atoms with Crippen molar-refractivity contribution in [2.24, 2.45) is 0 Å². The number of imidazole rings is 1. The van der Waals surface area contributed by atoms with Crippen molar-refractivity contribution in [3.05, 3.63) is 36.2 Å². The van der Waals surface area contributed by atoms with Gasteiger partial charge in [0, 0.05) is 25.6 Å². The Hall–Kier alpha value is -1.92. The van der Waals surface area contributed by atoms with E-state index in [-0.39, 0.29) is 0 Å². The number of allylic oxidation sites excluding steroid dienone is 2. The molecule has 4 rings (SSSR count). The second-order valence-corrected chi connectivity index (χ2v) is 6.90. The molecule has 2 aromatic rings. The van der Waals surface area contributed by atoms with Crippen LogP contribution in [0.25, 0.3) is 5.65 Å². The molecule has 2 aliphatic rings. The molecule has 1 unspecified atom stereocenters. The lowest BCUT2D eigenvalue weighted by Gasteiger charge is -2.26. The summed E-state index contributed by atoms with van der Waals surface area (Å²) in [5.41, 5.74) is 2.10. The lowest BCUT2D eigenvalue weighted by atomic mass is 9.92. The Labute approximate surface area is 148 Å². The summed E-state index contributed by atoms with van der Waals surface area (Å²) in [6.07, 6.45) is 11.2. The molecule has 3 heterocycles. The van der Waals surface area contributed by atoms with Gasteiger partial charge < -0.3 is 10.1 Å². The fourth-order valence-electron chi connectivity index (χ4n) is 3.60. The molecule has 0 aromatic carbocycles. The number of fused-ring (bicyclic) bond motifs is 1. The topological polar surface area (TPSA) is 54.7 Å². The van der Waals surface area contributed by atoms with Gasteiger partial charge in [0.2, 0.25) is 0 Å². The summed E-state index contributed by atoms with van der Waals surface area (Å²) in [4.78, 5) is 7.22. The summed E-state index contributed by atoms with van der Waals surface area (Å²) in [5.74, 6) is 1.46. The Morgan fingerprint density at radius 3 is 2.96 bits per heavy atom. The lowest BCUT2D eigenvalue weighted by Crippen LogP contribution is -2.37. The third-order valence-electron chi connectivity index (χ3n) is 5.09. The first-order valence-electron chi connectivity index (χ1n) is 9.44. The van der Waals surface area contributed by atoms with Crippen molar-refractivity contribution in [1.82, 2.24) is 19.5 Å². The van der Waals surface area contributed by atoms with Gasteiger partial charge in [-0.2, -0.15) is 0 Å². The Bertz CT molecular complexity index is 720. The zero-order valence-corrected chi connectivity index (χ0v) is 14.7. The molecule has 25 heavy (non-hydrogen) atoms.